The van der Waals surface area contributed by atoms with Crippen molar-refractivity contribution >= 4 is 18.0 Å². The first kappa shape index (κ1) is 15.2. The molecule has 1 heterocycles. The summed E-state index contributed by atoms with van der Waals surface area (Å²) in [5.74, 6) is -0.434. The van der Waals surface area contributed by atoms with E-state index in [1.807, 2.05) is 6.07 Å². The highest BCUT2D eigenvalue weighted by atomic mass is 16.2. The lowest BCUT2D eigenvalue weighted by atomic mass is 9.97. The Morgan fingerprint density at radius 2 is 1.61 bits per heavy atom. The molecule has 0 aromatic heterocycles. The van der Waals surface area contributed by atoms with Crippen LogP contribution in [-0.2, 0) is 4.79 Å². The number of amides is 1. The molecule has 4 nitrogen and oxygen atoms in total. The molecule has 2 aromatic carbocycles. The molecule has 1 atom stereocenters. The summed E-state index contributed by atoms with van der Waals surface area (Å²) in [5.41, 5.74) is 1.27. The topological polar surface area (TPSA) is 54.5 Å². The Labute approximate surface area is 134 Å². The van der Waals surface area contributed by atoms with Crippen molar-refractivity contribution in [3.63, 3.8) is 0 Å². The van der Waals surface area contributed by atoms with Crippen molar-refractivity contribution in [3.8, 4) is 0 Å². The fourth-order valence-corrected chi connectivity index (χ4v) is 2.95. The summed E-state index contributed by atoms with van der Waals surface area (Å²) in [6.45, 7) is 0.552. The van der Waals surface area contributed by atoms with Crippen molar-refractivity contribution in [3.05, 3.63) is 71.3 Å². The van der Waals surface area contributed by atoms with Crippen LogP contribution in [0.4, 0.5) is 0 Å². The Morgan fingerprint density at radius 3 is 2.30 bits per heavy atom. The molecule has 1 aliphatic rings. The molecular formula is C19H17NO3. The van der Waals surface area contributed by atoms with E-state index in [1.165, 1.54) is 0 Å². The number of ketones is 1. The van der Waals surface area contributed by atoms with Gasteiger partial charge < -0.3 is 9.69 Å². The molecule has 0 radical (unpaired) electrons. The van der Waals surface area contributed by atoms with Crippen molar-refractivity contribution in [2.24, 2.45) is 0 Å². The monoisotopic (exact) mass is 307 g/mol. The van der Waals surface area contributed by atoms with E-state index in [0.717, 1.165) is 12.7 Å². The largest absolute Gasteiger partial charge is 0.329 e. The minimum Gasteiger partial charge on any atom is -0.329 e. The van der Waals surface area contributed by atoms with Crippen molar-refractivity contribution < 1.29 is 14.4 Å². The summed E-state index contributed by atoms with van der Waals surface area (Å²) < 4.78 is 0. The van der Waals surface area contributed by atoms with E-state index in [2.05, 4.69) is 0 Å². The maximum Gasteiger partial charge on any atom is 0.255 e. The van der Waals surface area contributed by atoms with Crippen LogP contribution >= 0.6 is 0 Å². The summed E-state index contributed by atoms with van der Waals surface area (Å²) in [7, 11) is 0. The van der Waals surface area contributed by atoms with Crippen LogP contribution in [0.1, 0.15) is 39.1 Å². The van der Waals surface area contributed by atoms with Crippen LogP contribution in [0, 0.1) is 0 Å². The molecule has 0 unspecified atom stereocenters. The number of benzene rings is 2. The van der Waals surface area contributed by atoms with Crippen LogP contribution < -0.4 is 0 Å². The van der Waals surface area contributed by atoms with E-state index in [9.17, 15) is 14.4 Å². The number of rotatable bonds is 4. The average Bonchev–Trinajstić information content (AvgIpc) is 3.10. The summed E-state index contributed by atoms with van der Waals surface area (Å²) in [6, 6.07) is 15.3. The lowest BCUT2D eigenvalue weighted by molar-refractivity contribution is -0.111. The summed E-state index contributed by atoms with van der Waals surface area (Å²) in [5, 5.41) is 0. The second-order valence-electron chi connectivity index (χ2n) is 5.58. The van der Waals surface area contributed by atoms with Gasteiger partial charge in [-0.15, -0.1) is 0 Å². The van der Waals surface area contributed by atoms with Gasteiger partial charge >= 0.3 is 0 Å². The van der Waals surface area contributed by atoms with E-state index in [1.54, 1.807) is 53.4 Å². The van der Waals surface area contributed by atoms with Gasteiger partial charge in [0.2, 0.25) is 0 Å². The lowest BCUT2D eigenvalue weighted by Gasteiger charge is -2.21. The molecule has 1 fully saturated rings. The highest BCUT2D eigenvalue weighted by Gasteiger charge is 2.31. The van der Waals surface area contributed by atoms with Crippen LogP contribution in [0.3, 0.4) is 0 Å². The lowest BCUT2D eigenvalue weighted by Crippen LogP contribution is -2.37. The van der Waals surface area contributed by atoms with Gasteiger partial charge in [-0.2, -0.15) is 0 Å². The van der Waals surface area contributed by atoms with Crippen molar-refractivity contribution in [1.82, 2.24) is 4.90 Å². The minimum absolute atomic E-state index is 0.184. The maximum absolute atomic E-state index is 12.8. The van der Waals surface area contributed by atoms with E-state index in [-0.39, 0.29) is 17.7 Å². The molecule has 23 heavy (non-hydrogen) atoms. The quantitative estimate of drug-likeness (QED) is 0.644. The average molecular weight is 307 g/mol. The van der Waals surface area contributed by atoms with Gasteiger partial charge in [-0.3, -0.25) is 9.59 Å². The van der Waals surface area contributed by atoms with Crippen LogP contribution in [0.25, 0.3) is 0 Å². The van der Waals surface area contributed by atoms with E-state index in [0.29, 0.717) is 29.7 Å². The molecule has 0 bridgehead atoms. The van der Waals surface area contributed by atoms with Gasteiger partial charge in [-0.25, -0.2) is 0 Å². The fourth-order valence-electron chi connectivity index (χ4n) is 2.95. The van der Waals surface area contributed by atoms with Gasteiger partial charge in [0.1, 0.15) is 6.29 Å². The number of carbonyl (C=O) groups excluding carboxylic acids is 3. The first-order chi connectivity index (χ1) is 11.2. The predicted octanol–water partition coefficient (Wildman–Crippen LogP) is 2.72. The number of carbonyl (C=O) groups is 3. The molecular weight excluding hydrogens is 290 g/mol. The number of likely N-dealkylation sites (tertiary alicyclic amines) is 1. The summed E-state index contributed by atoms with van der Waals surface area (Å²) >= 11 is 0. The van der Waals surface area contributed by atoms with E-state index >= 15 is 0 Å². The Morgan fingerprint density at radius 1 is 0.957 bits per heavy atom. The van der Waals surface area contributed by atoms with Crippen LogP contribution in [0.15, 0.2) is 54.6 Å². The highest BCUT2D eigenvalue weighted by Crippen LogP contribution is 2.22. The normalized spacial score (nSPS) is 17.0. The van der Waals surface area contributed by atoms with Gasteiger partial charge in [0.05, 0.1) is 11.6 Å². The van der Waals surface area contributed by atoms with Gasteiger partial charge in [0.15, 0.2) is 5.78 Å². The molecule has 1 aliphatic heterocycles. The molecule has 4 heteroatoms. The summed E-state index contributed by atoms with van der Waals surface area (Å²) in [4.78, 5) is 38.2. The Kier molecular flexibility index (Phi) is 4.33. The molecule has 0 aliphatic carbocycles. The number of hydrogen-bond donors (Lipinski definition) is 0. The zero-order chi connectivity index (χ0) is 16.2. The van der Waals surface area contributed by atoms with Gasteiger partial charge in [0, 0.05) is 17.7 Å². The van der Waals surface area contributed by atoms with Gasteiger partial charge in [-0.05, 0) is 18.9 Å². The van der Waals surface area contributed by atoms with Crippen LogP contribution in [0.5, 0.6) is 0 Å². The zero-order valence-corrected chi connectivity index (χ0v) is 12.6. The van der Waals surface area contributed by atoms with E-state index < -0.39 is 0 Å². The number of nitrogens with zero attached hydrogens (tertiary/aromatic N) is 1. The van der Waals surface area contributed by atoms with Gasteiger partial charge in [-0.1, -0.05) is 48.5 Å². The smallest absolute Gasteiger partial charge is 0.255 e. The standard InChI is InChI=1S/C19H17NO3/c21-13-15-9-6-12-20(15)19(23)17-11-5-4-10-16(17)18(22)14-7-2-1-3-8-14/h1-5,7-8,10-11,13,15H,6,9,12H2/t15-/m0/s1. The molecule has 116 valence electrons. The Hall–Kier alpha value is -2.75. The molecule has 1 saturated heterocycles. The molecule has 3 rings (SSSR count). The minimum atomic E-state index is -0.387. The molecule has 0 N–H and O–H groups in total. The first-order valence-corrected chi connectivity index (χ1v) is 7.67. The fraction of sp³-hybridized carbons (Fsp3) is 0.211. The van der Waals surface area contributed by atoms with E-state index in [4.69, 9.17) is 0 Å². The molecule has 1 amide bonds. The maximum atomic E-state index is 12.8. The SMILES string of the molecule is O=C[C@@H]1CCCN1C(=O)c1ccccc1C(=O)c1ccccc1. The third kappa shape index (κ3) is 2.93. The third-order valence-electron chi connectivity index (χ3n) is 4.16. The third-order valence-corrected chi connectivity index (χ3v) is 4.16. The first-order valence-electron chi connectivity index (χ1n) is 7.67. The molecule has 0 saturated carbocycles. The second-order valence-corrected chi connectivity index (χ2v) is 5.58. The molecule has 2 aromatic rings. The Bertz CT molecular complexity index is 739. The van der Waals surface area contributed by atoms with Crippen molar-refractivity contribution in [1.29, 1.82) is 0 Å². The van der Waals surface area contributed by atoms with Crippen molar-refractivity contribution in [2.75, 3.05) is 6.54 Å². The number of hydrogen-bond acceptors (Lipinski definition) is 3. The zero-order valence-electron chi connectivity index (χ0n) is 12.6. The van der Waals surface area contributed by atoms with Crippen molar-refractivity contribution in [2.45, 2.75) is 18.9 Å². The van der Waals surface area contributed by atoms with Crippen LogP contribution in [0.2, 0.25) is 0 Å². The predicted molar refractivity (Wildman–Crippen MR) is 86.4 cm³/mol. The number of aldehydes is 1. The van der Waals surface area contributed by atoms with Crippen LogP contribution in [-0.4, -0.2) is 35.5 Å². The highest BCUT2D eigenvalue weighted by molar-refractivity contribution is 6.15. The molecule has 0 spiro atoms. The summed E-state index contributed by atoms with van der Waals surface area (Å²) in [6.07, 6.45) is 2.31. The van der Waals surface area contributed by atoms with Gasteiger partial charge in [0.25, 0.3) is 5.91 Å². The second kappa shape index (κ2) is 6.57. The Balaban J connectivity index is 1.96.